The molecule has 1 aromatic carbocycles. The first-order valence-corrected chi connectivity index (χ1v) is 6.13. The van der Waals surface area contributed by atoms with Gasteiger partial charge >= 0.3 is 0 Å². The number of halogens is 2. The lowest BCUT2D eigenvalue weighted by Crippen LogP contribution is -2.30. The second-order valence-corrected chi connectivity index (χ2v) is 4.46. The third-order valence-electron chi connectivity index (χ3n) is 2.28. The van der Waals surface area contributed by atoms with E-state index in [2.05, 4.69) is 15.9 Å². The minimum atomic E-state index is -0.521. The van der Waals surface area contributed by atoms with Crippen LogP contribution >= 0.6 is 15.9 Å². The molecule has 0 radical (unpaired) electrons. The Hall–Kier alpha value is -0.940. The van der Waals surface area contributed by atoms with Crippen LogP contribution in [0.5, 0.6) is 0 Å². The molecule has 0 spiro atoms. The normalized spacial score (nSPS) is 10.4. The van der Waals surface area contributed by atoms with Crippen LogP contribution in [0.2, 0.25) is 0 Å². The van der Waals surface area contributed by atoms with Gasteiger partial charge in [0.15, 0.2) is 0 Å². The van der Waals surface area contributed by atoms with Crippen LogP contribution in [0, 0.1) is 5.82 Å². The summed E-state index contributed by atoms with van der Waals surface area (Å²) in [6, 6.07) is 4.40. The maximum absolute atomic E-state index is 13.5. The van der Waals surface area contributed by atoms with Crippen molar-refractivity contribution in [3.63, 3.8) is 0 Å². The monoisotopic (exact) mass is 303 g/mol. The van der Waals surface area contributed by atoms with Gasteiger partial charge in [-0.05, 0) is 25.1 Å². The van der Waals surface area contributed by atoms with Crippen LogP contribution < -0.4 is 0 Å². The van der Waals surface area contributed by atoms with Crippen molar-refractivity contribution < 1.29 is 13.9 Å². The van der Waals surface area contributed by atoms with Gasteiger partial charge in [0.1, 0.15) is 5.82 Å². The first-order chi connectivity index (χ1) is 8.06. The molecular formula is C12H15BrFNO2. The van der Waals surface area contributed by atoms with Crippen molar-refractivity contribution in [2.45, 2.75) is 6.92 Å². The van der Waals surface area contributed by atoms with Crippen LogP contribution in [0.25, 0.3) is 0 Å². The van der Waals surface area contributed by atoms with Gasteiger partial charge in [0.2, 0.25) is 0 Å². The molecule has 0 saturated heterocycles. The lowest BCUT2D eigenvalue weighted by molar-refractivity contribution is 0.0705. The number of carbonyl (C=O) groups is 1. The summed E-state index contributed by atoms with van der Waals surface area (Å²) in [5.41, 5.74) is 0.0761. The van der Waals surface area contributed by atoms with Gasteiger partial charge in [-0.1, -0.05) is 15.9 Å². The Morgan fingerprint density at radius 2 is 2.24 bits per heavy atom. The Morgan fingerprint density at radius 1 is 1.53 bits per heavy atom. The van der Waals surface area contributed by atoms with Gasteiger partial charge in [-0.15, -0.1) is 0 Å². The zero-order valence-electron chi connectivity index (χ0n) is 9.87. The molecule has 3 nitrogen and oxygen atoms in total. The zero-order chi connectivity index (χ0) is 12.8. The Labute approximate surface area is 109 Å². The quantitative estimate of drug-likeness (QED) is 0.783. The molecule has 1 amide bonds. The van der Waals surface area contributed by atoms with E-state index in [1.807, 2.05) is 6.92 Å². The molecule has 0 aromatic heterocycles. The SMILES string of the molecule is CCOCCN(C)C(=O)c1ccc(Br)cc1F. The third-order valence-corrected chi connectivity index (χ3v) is 2.78. The summed E-state index contributed by atoms with van der Waals surface area (Å²) in [5, 5.41) is 0. The van der Waals surface area contributed by atoms with Crippen LogP contribution in [-0.4, -0.2) is 37.6 Å². The van der Waals surface area contributed by atoms with E-state index in [0.29, 0.717) is 24.2 Å². The number of likely N-dealkylation sites (N-methyl/N-ethyl adjacent to an activating group) is 1. The van der Waals surface area contributed by atoms with Crippen molar-refractivity contribution in [2.75, 3.05) is 26.8 Å². The van der Waals surface area contributed by atoms with Crippen molar-refractivity contribution in [1.82, 2.24) is 4.90 Å². The minimum Gasteiger partial charge on any atom is -0.380 e. The summed E-state index contributed by atoms with van der Waals surface area (Å²) in [5.74, 6) is -0.859. The fourth-order valence-electron chi connectivity index (χ4n) is 1.32. The van der Waals surface area contributed by atoms with Crippen molar-refractivity contribution in [3.05, 3.63) is 34.1 Å². The minimum absolute atomic E-state index is 0.0761. The number of amides is 1. The van der Waals surface area contributed by atoms with E-state index in [1.165, 1.54) is 17.0 Å². The smallest absolute Gasteiger partial charge is 0.256 e. The van der Waals surface area contributed by atoms with Gasteiger partial charge in [0, 0.05) is 24.7 Å². The fraction of sp³-hybridized carbons (Fsp3) is 0.417. The Bertz CT molecular complexity index is 398. The van der Waals surface area contributed by atoms with Crippen molar-refractivity contribution in [1.29, 1.82) is 0 Å². The summed E-state index contributed by atoms with van der Waals surface area (Å²) < 4.78 is 19.3. The highest BCUT2D eigenvalue weighted by Crippen LogP contribution is 2.16. The molecule has 0 aliphatic carbocycles. The molecule has 0 saturated carbocycles. The highest BCUT2D eigenvalue weighted by molar-refractivity contribution is 9.10. The molecule has 94 valence electrons. The first kappa shape index (κ1) is 14.1. The highest BCUT2D eigenvalue weighted by Gasteiger charge is 2.15. The summed E-state index contributed by atoms with van der Waals surface area (Å²) in [6.07, 6.45) is 0. The molecule has 17 heavy (non-hydrogen) atoms. The zero-order valence-corrected chi connectivity index (χ0v) is 11.5. The van der Waals surface area contributed by atoms with Crippen LogP contribution in [0.4, 0.5) is 4.39 Å². The molecule has 0 N–H and O–H groups in total. The summed E-state index contributed by atoms with van der Waals surface area (Å²) in [6.45, 7) is 3.39. The van der Waals surface area contributed by atoms with Crippen molar-refractivity contribution >= 4 is 21.8 Å². The molecule has 0 atom stereocenters. The number of rotatable bonds is 5. The summed E-state index contributed by atoms with van der Waals surface area (Å²) in [7, 11) is 1.63. The standard InChI is InChI=1S/C12H15BrFNO2/c1-3-17-7-6-15(2)12(16)10-5-4-9(13)8-11(10)14/h4-5,8H,3,6-7H2,1-2H3. The van der Waals surface area contributed by atoms with Gasteiger partial charge in [0.05, 0.1) is 12.2 Å². The topological polar surface area (TPSA) is 29.5 Å². The molecule has 0 fully saturated rings. The predicted octanol–water partition coefficient (Wildman–Crippen LogP) is 2.70. The number of hydrogen-bond donors (Lipinski definition) is 0. The second-order valence-electron chi connectivity index (χ2n) is 3.55. The van der Waals surface area contributed by atoms with E-state index in [-0.39, 0.29) is 11.5 Å². The average Bonchev–Trinajstić information content (AvgIpc) is 2.28. The van der Waals surface area contributed by atoms with E-state index in [9.17, 15) is 9.18 Å². The molecule has 1 aromatic rings. The molecule has 0 unspecified atom stereocenters. The van der Waals surface area contributed by atoms with Gasteiger partial charge in [0.25, 0.3) is 5.91 Å². The van der Waals surface area contributed by atoms with Crippen LogP contribution in [0.1, 0.15) is 17.3 Å². The Morgan fingerprint density at radius 3 is 2.82 bits per heavy atom. The maximum atomic E-state index is 13.5. The number of nitrogens with zero attached hydrogens (tertiary/aromatic N) is 1. The molecule has 0 bridgehead atoms. The Kier molecular flexibility index (Phi) is 5.58. The van der Waals surface area contributed by atoms with Crippen molar-refractivity contribution in [3.8, 4) is 0 Å². The first-order valence-electron chi connectivity index (χ1n) is 5.34. The maximum Gasteiger partial charge on any atom is 0.256 e. The second kappa shape index (κ2) is 6.71. The van der Waals surface area contributed by atoms with E-state index >= 15 is 0 Å². The predicted molar refractivity (Wildman–Crippen MR) is 67.6 cm³/mol. The lowest BCUT2D eigenvalue weighted by atomic mass is 10.2. The number of ether oxygens (including phenoxy) is 1. The van der Waals surface area contributed by atoms with Gasteiger partial charge in [-0.2, -0.15) is 0 Å². The van der Waals surface area contributed by atoms with E-state index in [0.717, 1.165) is 0 Å². The molecular weight excluding hydrogens is 289 g/mol. The van der Waals surface area contributed by atoms with Gasteiger partial charge in [-0.25, -0.2) is 4.39 Å². The molecule has 1 rings (SSSR count). The fourth-order valence-corrected chi connectivity index (χ4v) is 1.65. The summed E-state index contributed by atoms with van der Waals surface area (Å²) >= 11 is 3.15. The molecule has 0 heterocycles. The van der Waals surface area contributed by atoms with Crippen LogP contribution in [-0.2, 0) is 4.74 Å². The van der Waals surface area contributed by atoms with Crippen LogP contribution in [0.15, 0.2) is 22.7 Å². The largest absolute Gasteiger partial charge is 0.380 e. The number of benzene rings is 1. The van der Waals surface area contributed by atoms with Gasteiger partial charge < -0.3 is 9.64 Å². The highest BCUT2D eigenvalue weighted by atomic mass is 79.9. The summed E-state index contributed by atoms with van der Waals surface area (Å²) in [4.78, 5) is 13.3. The van der Waals surface area contributed by atoms with Crippen LogP contribution in [0.3, 0.4) is 0 Å². The number of hydrogen-bond acceptors (Lipinski definition) is 2. The Balaban J connectivity index is 2.68. The van der Waals surface area contributed by atoms with E-state index < -0.39 is 5.82 Å². The molecule has 5 heteroatoms. The van der Waals surface area contributed by atoms with Crippen molar-refractivity contribution in [2.24, 2.45) is 0 Å². The lowest BCUT2D eigenvalue weighted by Gasteiger charge is -2.17. The van der Waals surface area contributed by atoms with E-state index in [1.54, 1.807) is 13.1 Å². The molecule has 0 aliphatic rings. The van der Waals surface area contributed by atoms with E-state index in [4.69, 9.17) is 4.74 Å². The average molecular weight is 304 g/mol. The number of carbonyl (C=O) groups excluding carboxylic acids is 1. The third kappa shape index (κ3) is 4.09. The van der Waals surface area contributed by atoms with Gasteiger partial charge in [-0.3, -0.25) is 4.79 Å². The molecule has 0 aliphatic heterocycles.